The van der Waals surface area contributed by atoms with Crippen LogP contribution in [0, 0.1) is 17.8 Å². The normalized spacial score (nSPS) is 34.4. The van der Waals surface area contributed by atoms with Crippen molar-refractivity contribution < 1.29 is 5.11 Å². The third-order valence-electron chi connectivity index (χ3n) is 4.26. The van der Waals surface area contributed by atoms with E-state index in [1.165, 1.54) is 32.5 Å². The van der Waals surface area contributed by atoms with E-state index in [1.54, 1.807) is 0 Å². The summed E-state index contributed by atoms with van der Waals surface area (Å²) in [5.41, 5.74) is 0. The molecule has 1 aliphatic heterocycles. The first-order valence-corrected chi connectivity index (χ1v) is 6.55. The third-order valence-corrected chi connectivity index (χ3v) is 4.26. The van der Waals surface area contributed by atoms with Crippen molar-refractivity contribution in [1.82, 2.24) is 4.90 Å². The minimum Gasteiger partial charge on any atom is -0.393 e. The molecule has 0 radical (unpaired) electrons. The van der Waals surface area contributed by atoms with Gasteiger partial charge in [0, 0.05) is 19.6 Å². The van der Waals surface area contributed by atoms with Crippen LogP contribution in [0.4, 0.5) is 0 Å². The van der Waals surface area contributed by atoms with E-state index in [1.807, 2.05) is 0 Å². The van der Waals surface area contributed by atoms with Gasteiger partial charge in [0.15, 0.2) is 0 Å². The molecule has 88 valence electrons. The molecule has 1 saturated carbocycles. The van der Waals surface area contributed by atoms with Crippen molar-refractivity contribution in [3.8, 4) is 0 Å². The highest BCUT2D eigenvalue weighted by atomic mass is 16.3. The van der Waals surface area contributed by atoms with Crippen molar-refractivity contribution in [2.24, 2.45) is 17.8 Å². The number of aliphatic hydroxyl groups excluding tert-OH is 1. The largest absolute Gasteiger partial charge is 0.393 e. The highest BCUT2D eigenvalue weighted by Crippen LogP contribution is 2.29. The molecule has 0 aromatic heterocycles. The summed E-state index contributed by atoms with van der Waals surface area (Å²) in [5, 5.41) is 9.43. The molecule has 1 aliphatic carbocycles. The quantitative estimate of drug-likeness (QED) is 0.773. The van der Waals surface area contributed by atoms with Crippen LogP contribution in [-0.2, 0) is 0 Å². The van der Waals surface area contributed by atoms with Crippen LogP contribution in [0.3, 0.4) is 0 Å². The Bertz CT molecular complexity index is 191. The SMILES string of the molecule is CC(C)C1CN(CC2CCC(O)CC2)C1. The van der Waals surface area contributed by atoms with Crippen LogP contribution in [0.25, 0.3) is 0 Å². The lowest BCUT2D eigenvalue weighted by Crippen LogP contribution is -2.50. The van der Waals surface area contributed by atoms with E-state index in [0.29, 0.717) is 0 Å². The monoisotopic (exact) mass is 211 g/mol. The second-order valence-electron chi connectivity index (χ2n) is 5.90. The van der Waals surface area contributed by atoms with Crippen LogP contribution in [0.2, 0.25) is 0 Å². The van der Waals surface area contributed by atoms with Gasteiger partial charge in [-0.3, -0.25) is 0 Å². The molecule has 0 unspecified atom stereocenters. The number of hydrogen-bond donors (Lipinski definition) is 1. The Labute approximate surface area is 93.7 Å². The molecule has 2 fully saturated rings. The van der Waals surface area contributed by atoms with Crippen molar-refractivity contribution in [2.45, 2.75) is 45.6 Å². The lowest BCUT2D eigenvalue weighted by atomic mass is 9.84. The fourth-order valence-corrected chi connectivity index (χ4v) is 2.87. The Morgan fingerprint density at radius 1 is 1.13 bits per heavy atom. The van der Waals surface area contributed by atoms with E-state index in [9.17, 15) is 5.11 Å². The summed E-state index contributed by atoms with van der Waals surface area (Å²) in [6.07, 6.45) is 4.55. The zero-order valence-electron chi connectivity index (χ0n) is 10.2. The summed E-state index contributed by atoms with van der Waals surface area (Å²) in [6.45, 7) is 8.58. The molecule has 1 heterocycles. The fraction of sp³-hybridized carbons (Fsp3) is 1.00. The lowest BCUT2D eigenvalue weighted by Gasteiger charge is -2.44. The van der Waals surface area contributed by atoms with Gasteiger partial charge in [-0.15, -0.1) is 0 Å². The number of aliphatic hydroxyl groups is 1. The summed E-state index contributed by atoms with van der Waals surface area (Å²) in [5.74, 6) is 2.66. The van der Waals surface area contributed by atoms with Gasteiger partial charge in [-0.1, -0.05) is 13.8 Å². The highest BCUT2D eigenvalue weighted by Gasteiger charge is 2.31. The molecule has 2 aliphatic rings. The van der Waals surface area contributed by atoms with Crippen LogP contribution < -0.4 is 0 Å². The predicted octanol–water partition coefficient (Wildman–Crippen LogP) is 2.13. The maximum Gasteiger partial charge on any atom is 0.0540 e. The fourth-order valence-electron chi connectivity index (χ4n) is 2.87. The van der Waals surface area contributed by atoms with Crippen molar-refractivity contribution in [3.05, 3.63) is 0 Å². The molecule has 0 bridgehead atoms. The van der Waals surface area contributed by atoms with E-state index < -0.39 is 0 Å². The summed E-state index contributed by atoms with van der Waals surface area (Å²) in [6, 6.07) is 0. The van der Waals surface area contributed by atoms with E-state index >= 15 is 0 Å². The molecular weight excluding hydrogens is 186 g/mol. The first-order chi connectivity index (χ1) is 7.15. The molecule has 1 saturated heterocycles. The molecule has 0 spiro atoms. The topological polar surface area (TPSA) is 23.5 Å². The molecule has 15 heavy (non-hydrogen) atoms. The van der Waals surface area contributed by atoms with Gasteiger partial charge in [0.1, 0.15) is 0 Å². The Hall–Kier alpha value is -0.0800. The standard InChI is InChI=1S/C13H25NO/c1-10(2)12-8-14(9-12)7-11-3-5-13(15)6-4-11/h10-13,15H,3-9H2,1-2H3. The van der Waals surface area contributed by atoms with Crippen LogP contribution in [0.5, 0.6) is 0 Å². The number of nitrogens with zero attached hydrogens (tertiary/aromatic N) is 1. The van der Waals surface area contributed by atoms with Crippen LogP contribution >= 0.6 is 0 Å². The predicted molar refractivity (Wildman–Crippen MR) is 62.7 cm³/mol. The van der Waals surface area contributed by atoms with Crippen LogP contribution in [0.1, 0.15) is 39.5 Å². The average Bonchev–Trinajstić information content (AvgIpc) is 2.13. The lowest BCUT2D eigenvalue weighted by molar-refractivity contribution is 0.0335. The van der Waals surface area contributed by atoms with Crippen molar-refractivity contribution in [2.75, 3.05) is 19.6 Å². The molecular formula is C13H25NO. The van der Waals surface area contributed by atoms with Gasteiger partial charge in [-0.05, 0) is 43.4 Å². The Morgan fingerprint density at radius 3 is 2.27 bits per heavy atom. The van der Waals surface area contributed by atoms with E-state index in [0.717, 1.165) is 30.6 Å². The van der Waals surface area contributed by atoms with Crippen molar-refractivity contribution in [1.29, 1.82) is 0 Å². The molecule has 0 aromatic rings. The van der Waals surface area contributed by atoms with Gasteiger partial charge in [-0.25, -0.2) is 0 Å². The molecule has 2 heteroatoms. The van der Waals surface area contributed by atoms with Gasteiger partial charge in [0.05, 0.1) is 6.10 Å². The van der Waals surface area contributed by atoms with Crippen molar-refractivity contribution >= 4 is 0 Å². The van der Waals surface area contributed by atoms with E-state index in [-0.39, 0.29) is 6.10 Å². The second kappa shape index (κ2) is 4.84. The third kappa shape index (κ3) is 2.94. The van der Waals surface area contributed by atoms with Crippen LogP contribution in [-0.4, -0.2) is 35.7 Å². The number of hydrogen-bond acceptors (Lipinski definition) is 2. The molecule has 1 N–H and O–H groups in total. The second-order valence-corrected chi connectivity index (χ2v) is 5.90. The summed E-state index contributed by atoms with van der Waals surface area (Å²) >= 11 is 0. The maximum atomic E-state index is 9.43. The highest BCUT2D eigenvalue weighted by molar-refractivity contribution is 4.84. The Balaban J connectivity index is 1.63. The zero-order valence-corrected chi connectivity index (χ0v) is 10.2. The minimum atomic E-state index is 0.000975. The smallest absolute Gasteiger partial charge is 0.0540 e. The van der Waals surface area contributed by atoms with E-state index in [4.69, 9.17) is 0 Å². The first kappa shape index (κ1) is 11.4. The number of likely N-dealkylation sites (tertiary alicyclic amines) is 1. The minimum absolute atomic E-state index is 0.000975. The van der Waals surface area contributed by atoms with Crippen LogP contribution in [0.15, 0.2) is 0 Å². The summed E-state index contributed by atoms with van der Waals surface area (Å²) in [4.78, 5) is 2.60. The summed E-state index contributed by atoms with van der Waals surface area (Å²) < 4.78 is 0. The van der Waals surface area contributed by atoms with Gasteiger partial charge >= 0.3 is 0 Å². The molecule has 0 aromatic carbocycles. The Kier molecular flexibility index (Phi) is 3.68. The van der Waals surface area contributed by atoms with Gasteiger partial charge < -0.3 is 10.0 Å². The van der Waals surface area contributed by atoms with E-state index in [2.05, 4.69) is 18.7 Å². The zero-order chi connectivity index (χ0) is 10.8. The molecule has 0 atom stereocenters. The Morgan fingerprint density at radius 2 is 1.73 bits per heavy atom. The van der Waals surface area contributed by atoms with Gasteiger partial charge in [0.25, 0.3) is 0 Å². The maximum absolute atomic E-state index is 9.43. The molecule has 2 rings (SSSR count). The first-order valence-electron chi connectivity index (χ1n) is 6.55. The molecule has 0 amide bonds. The van der Waals surface area contributed by atoms with Crippen molar-refractivity contribution in [3.63, 3.8) is 0 Å². The molecule has 2 nitrogen and oxygen atoms in total. The summed E-state index contributed by atoms with van der Waals surface area (Å²) in [7, 11) is 0. The van der Waals surface area contributed by atoms with Gasteiger partial charge in [-0.2, -0.15) is 0 Å². The average molecular weight is 211 g/mol. The van der Waals surface area contributed by atoms with Gasteiger partial charge in [0.2, 0.25) is 0 Å². The number of rotatable bonds is 3.